The highest BCUT2D eigenvalue weighted by molar-refractivity contribution is 8.00. The molecule has 0 aromatic heterocycles. The third-order valence-corrected chi connectivity index (χ3v) is 4.11. The second-order valence-corrected chi connectivity index (χ2v) is 6.21. The van der Waals surface area contributed by atoms with Crippen LogP contribution >= 0.6 is 11.8 Å². The van der Waals surface area contributed by atoms with Crippen LogP contribution in [0.1, 0.15) is 27.6 Å². The highest BCUT2D eigenvalue weighted by Crippen LogP contribution is 2.20. The van der Waals surface area contributed by atoms with Crippen molar-refractivity contribution in [3.8, 4) is 0 Å². The highest BCUT2D eigenvalue weighted by atomic mass is 32.2. The molecule has 0 aliphatic heterocycles. The molecule has 0 radical (unpaired) electrons. The number of hydrogen-bond donors (Lipinski definition) is 2. The van der Waals surface area contributed by atoms with Gasteiger partial charge in [0.15, 0.2) is 5.78 Å². The third-order valence-electron chi connectivity index (χ3n) is 3.12. The topological polar surface area (TPSA) is 66.4 Å². The van der Waals surface area contributed by atoms with Crippen molar-refractivity contribution in [2.24, 2.45) is 0 Å². The minimum absolute atomic E-state index is 0.0551. The number of carbonyl (C=O) groups excluding carboxylic acids is 2. The zero-order valence-electron chi connectivity index (χ0n) is 12.9. The molecule has 1 amide bonds. The van der Waals surface area contributed by atoms with E-state index in [0.29, 0.717) is 16.9 Å². The summed E-state index contributed by atoms with van der Waals surface area (Å²) < 4.78 is 0. The van der Waals surface area contributed by atoms with Crippen molar-refractivity contribution >= 4 is 23.5 Å². The highest BCUT2D eigenvalue weighted by Gasteiger charge is 2.09. The van der Waals surface area contributed by atoms with Gasteiger partial charge in [-0.2, -0.15) is 0 Å². The van der Waals surface area contributed by atoms with E-state index in [4.69, 9.17) is 0 Å². The molecule has 0 saturated carbocycles. The van der Waals surface area contributed by atoms with Gasteiger partial charge in [-0.1, -0.05) is 36.4 Å². The van der Waals surface area contributed by atoms with E-state index in [1.807, 2.05) is 24.3 Å². The average Bonchev–Trinajstić information content (AvgIpc) is 2.58. The second-order valence-electron chi connectivity index (χ2n) is 5.16. The van der Waals surface area contributed by atoms with Crippen LogP contribution in [0.15, 0.2) is 59.5 Å². The first-order chi connectivity index (χ1) is 11.1. The van der Waals surface area contributed by atoms with Crippen LogP contribution in [0.4, 0.5) is 0 Å². The van der Waals surface area contributed by atoms with Gasteiger partial charge in [0.2, 0.25) is 0 Å². The number of nitrogens with one attached hydrogen (secondary N) is 1. The smallest absolute Gasteiger partial charge is 0.251 e. The van der Waals surface area contributed by atoms with Gasteiger partial charge in [-0.15, -0.1) is 11.8 Å². The normalized spacial score (nSPS) is 11.7. The van der Waals surface area contributed by atoms with E-state index in [1.54, 1.807) is 37.3 Å². The maximum Gasteiger partial charge on any atom is 0.251 e. The summed E-state index contributed by atoms with van der Waals surface area (Å²) in [6.07, 6.45) is -0.583. The maximum atomic E-state index is 12.1. The number of hydrogen-bond acceptors (Lipinski definition) is 4. The lowest BCUT2D eigenvalue weighted by Gasteiger charge is -2.08. The lowest BCUT2D eigenvalue weighted by atomic mass is 10.2. The Labute approximate surface area is 139 Å². The van der Waals surface area contributed by atoms with Crippen molar-refractivity contribution in [3.05, 3.63) is 65.7 Å². The molecule has 2 N–H and O–H groups in total. The summed E-state index contributed by atoms with van der Waals surface area (Å²) in [4.78, 5) is 24.9. The zero-order chi connectivity index (χ0) is 16.7. The molecule has 23 heavy (non-hydrogen) atoms. The molecule has 0 heterocycles. The number of aliphatic hydroxyl groups excluding tert-OH is 1. The van der Waals surface area contributed by atoms with Crippen LogP contribution in [0.5, 0.6) is 0 Å². The lowest BCUT2D eigenvalue weighted by molar-refractivity contribution is 0.0923. The molecule has 0 aliphatic carbocycles. The summed E-state index contributed by atoms with van der Waals surface area (Å²) in [7, 11) is 0. The molecule has 4 nitrogen and oxygen atoms in total. The zero-order valence-corrected chi connectivity index (χ0v) is 13.7. The lowest BCUT2D eigenvalue weighted by Crippen LogP contribution is -2.30. The minimum Gasteiger partial charge on any atom is -0.392 e. The van der Waals surface area contributed by atoms with Crippen molar-refractivity contribution in [1.29, 1.82) is 0 Å². The minimum atomic E-state index is -0.583. The molecule has 0 bridgehead atoms. The Morgan fingerprint density at radius 2 is 1.78 bits per heavy atom. The van der Waals surface area contributed by atoms with Crippen LogP contribution < -0.4 is 5.32 Å². The van der Waals surface area contributed by atoms with E-state index in [9.17, 15) is 14.7 Å². The van der Waals surface area contributed by atoms with Crippen LogP contribution in [0.2, 0.25) is 0 Å². The van der Waals surface area contributed by atoms with Crippen LogP contribution in [0.25, 0.3) is 0 Å². The maximum absolute atomic E-state index is 12.1. The van der Waals surface area contributed by atoms with Crippen LogP contribution in [-0.2, 0) is 0 Å². The molecule has 2 aromatic carbocycles. The van der Waals surface area contributed by atoms with E-state index >= 15 is 0 Å². The monoisotopic (exact) mass is 329 g/mol. The van der Waals surface area contributed by atoms with E-state index in [-0.39, 0.29) is 18.2 Å². The van der Waals surface area contributed by atoms with Crippen molar-refractivity contribution in [3.63, 3.8) is 0 Å². The molecule has 0 fully saturated rings. The molecular formula is C18H19NO3S. The van der Waals surface area contributed by atoms with Gasteiger partial charge in [0, 0.05) is 22.6 Å². The summed E-state index contributed by atoms with van der Waals surface area (Å²) in [5, 5.41) is 11.9. The molecule has 2 rings (SSSR count). The van der Waals surface area contributed by atoms with E-state index in [1.165, 1.54) is 11.8 Å². The van der Waals surface area contributed by atoms with Crippen LogP contribution in [-0.4, -0.2) is 35.2 Å². The molecule has 5 heteroatoms. The van der Waals surface area contributed by atoms with Crippen molar-refractivity contribution in [2.45, 2.75) is 17.9 Å². The number of benzene rings is 2. The molecule has 2 aromatic rings. The first-order valence-electron chi connectivity index (χ1n) is 7.33. The van der Waals surface area contributed by atoms with E-state index < -0.39 is 6.10 Å². The summed E-state index contributed by atoms with van der Waals surface area (Å²) >= 11 is 1.40. The number of carbonyl (C=O) groups is 2. The van der Waals surface area contributed by atoms with Gasteiger partial charge in [-0.25, -0.2) is 0 Å². The number of ketones is 1. The predicted octanol–water partition coefficient (Wildman–Crippen LogP) is 2.77. The Kier molecular flexibility index (Phi) is 6.38. The Bertz CT molecular complexity index is 671. The van der Waals surface area contributed by atoms with Gasteiger partial charge in [-0.05, 0) is 25.1 Å². The summed E-state index contributed by atoms with van der Waals surface area (Å²) in [5.41, 5.74) is 1.20. The number of thioether (sulfide) groups is 1. The number of rotatable bonds is 7. The van der Waals surface area contributed by atoms with Crippen molar-refractivity contribution < 1.29 is 14.7 Å². The Morgan fingerprint density at radius 3 is 2.48 bits per heavy atom. The SMILES string of the molecule is CC(O)CNC(=O)c1cccc(SCC(=O)c2ccccc2)c1. The molecule has 0 saturated heterocycles. The van der Waals surface area contributed by atoms with Crippen molar-refractivity contribution in [2.75, 3.05) is 12.3 Å². The number of Topliss-reactive ketones (excluding diaryl/α,β-unsaturated/α-hetero) is 1. The molecule has 0 spiro atoms. The van der Waals surface area contributed by atoms with E-state index in [0.717, 1.165) is 4.90 Å². The molecule has 1 atom stereocenters. The Balaban J connectivity index is 1.95. The van der Waals surface area contributed by atoms with Crippen LogP contribution in [0.3, 0.4) is 0 Å². The largest absolute Gasteiger partial charge is 0.392 e. The molecule has 0 aliphatic rings. The Morgan fingerprint density at radius 1 is 1.09 bits per heavy atom. The summed E-state index contributed by atoms with van der Waals surface area (Å²) in [5.74, 6) is 0.144. The molecule has 120 valence electrons. The predicted molar refractivity (Wildman–Crippen MR) is 92.0 cm³/mol. The number of amides is 1. The van der Waals surface area contributed by atoms with Gasteiger partial charge < -0.3 is 10.4 Å². The first kappa shape index (κ1) is 17.2. The fraction of sp³-hybridized carbons (Fsp3) is 0.222. The first-order valence-corrected chi connectivity index (χ1v) is 8.32. The van der Waals surface area contributed by atoms with Crippen molar-refractivity contribution in [1.82, 2.24) is 5.32 Å². The fourth-order valence-electron chi connectivity index (χ4n) is 1.93. The van der Waals surface area contributed by atoms with Gasteiger partial charge in [0.1, 0.15) is 0 Å². The quantitative estimate of drug-likeness (QED) is 0.605. The fourth-order valence-corrected chi connectivity index (χ4v) is 2.78. The van der Waals surface area contributed by atoms with Gasteiger partial charge >= 0.3 is 0 Å². The third kappa shape index (κ3) is 5.54. The standard InChI is InChI=1S/C18H19NO3S/c1-13(20)11-19-18(22)15-8-5-9-16(10-15)23-12-17(21)14-6-3-2-4-7-14/h2-10,13,20H,11-12H2,1H3,(H,19,22). The van der Waals surface area contributed by atoms with E-state index in [2.05, 4.69) is 5.32 Å². The molecular weight excluding hydrogens is 310 g/mol. The van der Waals surface area contributed by atoms with Gasteiger partial charge in [0.05, 0.1) is 11.9 Å². The van der Waals surface area contributed by atoms with Gasteiger partial charge in [-0.3, -0.25) is 9.59 Å². The molecule has 1 unspecified atom stereocenters. The summed E-state index contributed by atoms with van der Waals surface area (Å²) in [6, 6.07) is 16.3. The number of aliphatic hydroxyl groups is 1. The Hall–Kier alpha value is -2.11. The van der Waals surface area contributed by atoms with Gasteiger partial charge in [0.25, 0.3) is 5.91 Å². The van der Waals surface area contributed by atoms with Crippen LogP contribution in [0, 0.1) is 0 Å². The average molecular weight is 329 g/mol. The second kappa shape index (κ2) is 8.50. The summed E-state index contributed by atoms with van der Waals surface area (Å²) in [6.45, 7) is 1.82.